The van der Waals surface area contributed by atoms with Crippen LogP contribution in [0.5, 0.6) is 0 Å². The van der Waals surface area contributed by atoms with E-state index >= 15 is 0 Å². The Bertz CT molecular complexity index is 114. The van der Waals surface area contributed by atoms with E-state index in [1.807, 2.05) is 13.8 Å². The van der Waals surface area contributed by atoms with Crippen LogP contribution >= 0.6 is 0 Å². The fourth-order valence-corrected chi connectivity index (χ4v) is 0.442. The van der Waals surface area contributed by atoms with Gasteiger partial charge in [0.2, 0.25) is 0 Å². The number of hydrogen-bond donors (Lipinski definition) is 1. The maximum absolute atomic E-state index is 10.5. The highest BCUT2D eigenvalue weighted by atomic mass is 16.5. The molecule has 0 bridgehead atoms. The van der Waals surface area contributed by atoms with Gasteiger partial charge in [0.15, 0.2) is 12.0 Å². The Morgan fingerprint density at radius 1 is 1.70 bits per heavy atom. The number of carbonyl (C=O) groups excluding carboxylic acids is 1. The molecule has 3 heteroatoms. The summed E-state index contributed by atoms with van der Waals surface area (Å²) in [6, 6.07) is 0. The summed E-state index contributed by atoms with van der Waals surface area (Å²) in [6.07, 6.45) is 0.204. The summed E-state index contributed by atoms with van der Waals surface area (Å²) in [5.74, 6) is -0.125. The molecule has 2 N–H and O–H groups in total. The van der Waals surface area contributed by atoms with Crippen molar-refractivity contribution in [3.8, 4) is 0 Å². The molecule has 0 aromatic rings. The van der Waals surface area contributed by atoms with E-state index in [1.54, 1.807) is 0 Å². The van der Waals surface area contributed by atoms with E-state index in [0.29, 0.717) is 0 Å². The Morgan fingerprint density at radius 2 is 2.20 bits per heavy atom. The quantitative estimate of drug-likeness (QED) is 0.592. The largest absolute Gasteiger partial charge is 0.353 e. The molecule has 0 amide bonds. The third kappa shape index (κ3) is 3.58. The maximum Gasteiger partial charge on any atom is 0.173 e. The Hall–Kier alpha value is -0.410. The van der Waals surface area contributed by atoms with Gasteiger partial charge >= 0.3 is 0 Å². The van der Waals surface area contributed by atoms with Crippen molar-refractivity contribution in [3.05, 3.63) is 0 Å². The number of carbonyl (C=O) groups is 1. The molecule has 0 aromatic carbocycles. The molecule has 0 saturated carbocycles. The summed E-state index contributed by atoms with van der Waals surface area (Å²) >= 11 is 0. The van der Waals surface area contributed by atoms with Gasteiger partial charge in [-0.15, -0.1) is 0 Å². The van der Waals surface area contributed by atoms with Crippen molar-refractivity contribution >= 4 is 5.78 Å². The van der Waals surface area contributed by atoms with Gasteiger partial charge in [0.25, 0.3) is 0 Å². The fraction of sp³-hybridized carbons (Fsp3) is 0.857. The summed E-state index contributed by atoms with van der Waals surface area (Å²) in [7, 11) is 0. The van der Waals surface area contributed by atoms with Crippen molar-refractivity contribution in [1.82, 2.24) is 0 Å². The fourth-order valence-electron chi connectivity index (χ4n) is 0.442. The predicted octanol–water partition coefficient (Wildman–Crippen LogP) is 0.675. The molecule has 0 aliphatic rings. The van der Waals surface area contributed by atoms with Gasteiger partial charge in [-0.25, -0.2) is 0 Å². The molecule has 2 atom stereocenters. The lowest BCUT2D eigenvalue weighted by atomic mass is 10.3. The molecule has 0 spiro atoms. The van der Waals surface area contributed by atoms with Gasteiger partial charge in [0, 0.05) is 0 Å². The smallest absolute Gasteiger partial charge is 0.173 e. The Labute approximate surface area is 61.5 Å². The molecule has 0 aliphatic carbocycles. The van der Waals surface area contributed by atoms with Gasteiger partial charge in [-0.05, 0) is 20.3 Å². The summed E-state index contributed by atoms with van der Waals surface area (Å²) in [5, 5.41) is 0. The average Bonchev–Trinajstić information content (AvgIpc) is 1.87. The van der Waals surface area contributed by atoms with Crippen molar-refractivity contribution in [2.45, 2.75) is 39.5 Å². The molecule has 0 saturated heterocycles. The topological polar surface area (TPSA) is 52.3 Å². The van der Waals surface area contributed by atoms with Crippen molar-refractivity contribution in [2.75, 3.05) is 0 Å². The highest BCUT2D eigenvalue weighted by Crippen LogP contribution is 1.98. The molecule has 0 rings (SSSR count). The van der Waals surface area contributed by atoms with Gasteiger partial charge in [-0.2, -0.15) is 0 Å². The van der Waals surface area contributed by atoms with Gasteiger partial charge in [-0.3, -0.25) is 10.5 Å². The standard InChI is InChI=1S/C7H15NO2/c1-4-5(2)10-7(8)6(3)9/h5,7H,4,8H2,1-3H3/t5?,7-/m1/s1. The number of rotatable bonds is 4. The minimum Gasteiger partial charge on any atom is -0.353 e. The SMILES string of the molecule is CCC(C)O[C@@H](N)C(C)=O. The zero-order valence-electron chi connectivity index (χ0n) is 6.76. The van der Waals surface area contributed by atoms with Crippen LogP contribution in [0, 0.1) is 0 Å². The van der Waals surface area contributed by atoms with Crippen LogP contribution in [0.1, 0.15) is 27.2 Å². The first kappa shape index (κ1) is 9.59. The van der Waals surface area contributed by atoms with Crippen molar-refractivity contribution < 1.29 is 9.53 Å². The van der Waals surface area contributed by atoms with Crippen LogP contribution in [0.4, 0.5) is 0 Å². The van der Waals surface area contributed by atoms with Crippen molar-refractivity contribution in [3.63, 3.8) is 0 Å². The average molecular weight is 145 g/mol. The number of hydrogen-bond acceptors (Lipinski definition) is 3. The van der Waals surface area contributed by atoms with E-state index in [-0.39, 0.29) is 11.9 Å². The lowest BCUT2D eigenvalue weighted by molar-refractivity contribution is -0.131. The first-order chi connectivity index (χ1) is 4.57. The van der Waals surface area contributed by atoms with Crippen LogP contribution in [0.3, 0.4) is 0 Å². The van der Waals surface area contributed by atoms with E-state index in [2.05, 4.69) is 0 Å². The number of ketones is 1. The monoisotopic (exact) mass is 145 g/mol. The molecule has 0 aromatic heterocycles. The first-order valence-corrected chi connectivity index (χ1v) is 3.49. The van der Waals surface area contributed by atoms with E-state index < -0.39 is 6.23 Å². The predicted molar refractivity (Wildman–Crippen MR) is 39.5 cm³/mol. The maximum atomic E-state index is 10.5. The van der Waals surface area contributed by atoms with Crippen LogP contribution in [0.15, 0.2) is 0 Å². The highest BCUT2D eigenvalue weighted by Gasteiger charge is 2.10. The summed E-state index contributed by atoms with van der Waals surface area (Å²) in [6.45, 7) is 5.30. The number of ether oxygens (including phenoxy) is 1. The Kier molecular flexibility index (Phi) is 4.23. The van der Waals surface area contributed by atoms with Crippen LogP contribution in [-0.2, 0) is 9.53 Å². The zero-order chi connectivity index (χ0) is 8.15. The molecule has 0 aliphatic heterocycles. The van der Waals surface area contributed by atoms with E-state index in [4.69, 9.17) is 10.5 Å². The molecule has 60 valence electrons. The van der Waals surface area contributed by atoms with E-state index in [1.165, 1.54) is 6.92 Å². The zero-order valence-corrected chi connectivity index (χ0v) is 6.76. The summed E-state index contributed by atoms with van der Waals surface area (Å²) in [5.41, 5.74) is 5.32. The van der Waals surface area contributed by atoms with E-state index in [9.17, 15) is 4.79 Å². The van der Waals surface area contributed by atoms with Gasteiger partial charge in [0.05, 0.1) is 6.10 Å². The van der Waals surface area contributed by atoms with Crippen LogP contribution in [-0.4, -0.2) is 18.1 Å². The third-order valence-corrected chi connectivity index (χ3v) is 1.35. The molecule has 10 heavy (non-hydrogen) atoms. The number of Topliss-reactive ketones (excluding diaryl/α,β-unsaturated/α-hetero) is 1. The van der Waals surface area contributed by atoms with E-state index in [0.717, 1.165) is 6.42 Å². The lowest BCUT2D eigenvalue weighted by Crippen LogP contribution is -2.34. The van der Waals surface area contributed by atoms with Gasteiger partial charge in [0.1, 0.15) is 0 Å². The van der Waals surface area contributed by atoms with Crippen LogP contribution < -0.4 is 5.73 Å². The van der Waals surface area contributed by atoms with Crippen LogP contribution in [0.25, 0.3) is 0 Å². The number of nitrogens with two attached hydrogens (primary N) is 1. The van der Waals surface area contributed by atoms with Gasteiger partial charge < -0.3 is 4.74 Å². The summed E-state index contributed by atoms with van der Waals surface area (Å²) in [4.78, 5) is 10.5. The molecule has 1 unspecified atom stereocenters. The highest BCUT2D eigenvalue weighted by molar-refractivity contribution is 5.79. The summed E-state index contributed by atoms with van der Waals surface area (Å²) < 4.78 is 5.09. The second kappa shape index (κ2) is 4.41. The molecule has 0 radical (unpaired) electrons. The first-order valence-electron chi connectivity index (χ1n) is 3.49. The normalized spacial score (nSPS) is 16.4. The van der Waals surface area contributed by atoms with Crippen molar-refractivity contribution in [1.29, 1.82) is 0 Å². The molecule has 3 nitrogen and oxygen atoms in total. The molecular weight excluding hydrogens is 130 g/mol. The Morgan fingerprint density at radius 3 is 2.50 bits per heavy atom. The second-order valence-electron chi connectivity index (χ2n) is 2.39. The Balaban J connectivity index is 3.56. The van der Waals surface area contributed by atoms with Gasteiger partial charge in [-0.1, -0.05) is 6.92 Å². The molecule has 0 fully saturated rings. The van der Waals surface area contributed by atoms with Crippen molar-refractivity contribution in [2.24, 2.45) is 5.73 Å². The minimum absolute atomic E-state index is 0.0684. The minimum atomic E-state index is -0.741. The lowest BCUT2D eigenvalue weighted by Gasteiger charge is -2.14. The third-order valence-electron chi connectivity index (χ3n) is 1.35. The molecule has 0 heterocycles. The second-order valence-corrected chi connectivity index (χ2v) is 2.39. The van der Waals surface area contributed by atoms with Crippen LogP contribution in [0.2, 0.25) is 0 Å². The molecular formula is C7H15NO2.